The van der Waals surface area contributed by atoms with Gasteiger partial charge >= 0.3 is 0 Å². The Morgan fingerprint density at radius 1 is 1.43 bits per heavy atom. The van der Waals surface area contributed by atoms with Gasteiger partial charge in [0.1, 0.15) is 5.52 Å². The minimum Gasteiger partial charge on any atom is -0.366 e. The molecule has 0 aliphatic heterocycles. The summed E-state index contributed by atoms with van der Waals surface area (Å²) in [5, 5.41) is 0. The summed E-state index contributed by atoms with van der Waals surface area (Å²) in [5.74, 6) is -0.483. The Kier molecular flexibility index (Phi) is 1.98. The number of nitrogens with one attached hydrogen (secondary N) is 1. The van der Waals surface area contributed by atoms with Crippen molar-refractivity contribution in [3.8, 4) is 0 Å². The second-order valence-electron chi connectivity index (χ2n) is 2.73. The van der Waals surface area contributed by atoms with Gasteiger partial charge in [-0.3, -0.25) is 9.78 Å². The lowest BCUT2D eigenvalue weighted by atomic mass is 10.3. The molecule has 5 heteroatoms. The van der Waals surface area contributed by atoms with Crippen LogP contribution in [0.2, 0.25) is 0 Å². The molecule has 0 saturated heterocycles. The minimum absolute atomic E-state index is 0.483. The summed E-state index contributed by atoms with van der Waals surface area (Å²) < 4.78 is 0. The highest BCUT2D eigenvalue weighted by atomic mass is 16.1. The molecule has 0 spiro atoms. The fraction of sp³-hybridized carbons (Fsp3) is 0. The lowest BCUT2D eigenvalue weighted by Gasteiger charge is -1.87. The number of rotatable bonds is 2. The van der Waals surface area contributed by atoms with Gasteiger partial charge < -0.3 is 10.7 Å². The quantitative estimate of drug-likeness (QED) is 0.671. The fourth-order valence-corrected chi connectivity index (χ4v) is 1.17. The largest absolute Gasteiger partial charge is 0.366 e. The van der Waals surface area contributed by atoms with Crippen LogP contribution in [0, 0.1) is 0 Å². The third-order valence-electron chi connectivity index (χ3n) is 1.76. The number of nitrogens with zero attached hydrogens (tertiary/aromatic N) is 2. The number of fused-ring (bicyclic) bond motifs is 1. The first-order valence-electron chi connectivity index (χ1n) is 4.03. The summed E-state index contributed by atoms with van der Waals surface area (Å²) >= 11 is 0. The van der Waals surface area contributed by atoms with E-state index in [0.717, 1.165) is 11.1 Å². The molecule has 2 aromatic rings. The second kappa shape index (κ2) is 3.29. The summed E-state index contributed by atoms with van der Waals surface area (Å²) in [5.41, 5.74) is 7.20. The van der Waals surface area contributed by atoms with Crippen molar-refractivity contribution in [3.63, 3.8) is 0 Å². The molecule has 0 unspecified atom stereocenters. The van der Waals surface area contributed by atoms with Gasteiger partial charge in [0.15, 0.2) is 5.65 Å². The minimum atomic E-state index is -0.483. The van der Waals surface area contributed by atoms with E-state index in [2.05, 4.69) is 15.0 Å². The summed E-state index contributed by atoms with van der Waals surface area (Å²) in [6.07, 6.45) is 7.81. The lowest BCUT2D eigenvalue weighted by molar-refractivity contribution is -0.113. The molecule has 1 amide bonds. The van der Waals surface area contributed by atoms with Crippen LogP contribution in [-0.4, -0.2) is 20.9 Å². The Bertz CT molecular complexity index is 500. The first-order chi connectivity index (χ1) is 6.77. The molecule has 0 aromatic carbocycles. The first-order valence-corrected chi connectivity index (χ1v) is 4.03. The number of H-pyrrole nitrogens is 1. The Morgan fingerprint density at radius 3 is 3.00 bits per heavy atom. The van der Waals surface area contributed by atoms with Crippen LogP contribution in [0.3, 0.4) is 0 Å². The summed E-state index contributed by atoms with van der Waals surface area (Å²) in [6, 6.07) is 0. The molecule has 0 atom stereocenters. The van der Waals surface area contributed by atoms with Crippen molar-refractivity contribution in [3.05, 3.63) is 30.2 Å². The zero-order valence-corrected chi connectivity index (χ0v) is 7.27. The van der Waals surface area contributed by atoms with Gasteiger partial charge in [-0.2, -0.15) is 0 Å². The van der Waals surface area contributed by atoms with Gasteiger partial charge in [-0.15, -0.1) is 0 Å². The molecule has 2 aromatic heterocycles. The molecule has 2 rings (SSSR count). The standard InChI is InChI=1S/C9H8N4O/c10-7(14)2-1-6-5-13-9-8(6)11-3-4-12-9/h1-5H,(H2,10,14)(H,12,13)/b2-1+. The molecular formula is C9H8N4O. The highest BCUT2D eigenvalue weighted by Gasteiger charge is 2.01. The van der Waals surface area contributed by atoms with E-state index in [4.69, 9.17) is 5.73 Å². The maximum Gasteiger partial charge on any atom is 0.241 e. The van der Waals surface area contributed by atoms with E-state index in [1.807, 2.05) is 0 Å². The predicted molar refractivity (Wildman–Crippen MR) is 52.1 cm³/mol. The molecule has 0 saturated carbocycles. The van der Waals surface area contributed by atoms with E-state index in [1.165, 1.54) is 6.08 Å². The van der Waals surface area contributed by atoms with Gasteiger partial charge in [-0.1, -0.05) is 0 Å². The van der Waals surface area contributed by atoms with Crippen molar-refractivity contribution in [2.45, 2.75) is 0 Å². The number of nitrogens with two attached hydrogens (primary N) is 1. The number of primary amides is 1. The average molecular weight is 188 g/mol. The van der Waals surface area contributed by atoms with Crippen LogP contribution in [0.5, 0.6) is 0 Å². The molecular weight excluding hydrogens is 180 g/mol. The van der Waals surface area contributed by atoms with E-state index < -0.39 is 5.91 Å². The Morgan fingerprint density at radius 2 is 2.21 bits per heavy atom. The van der Waals surface area contributed by atoms with Crippen LogP contribution >= 0.6 is 0 Å². The summed E-state index contributed by atoms with van der Waals surface area (Å²) in [4.78, 5) is 21.6. The molecule has 2 heterocycles. The van der Waals surface area contributed by atoms with Crippen molar-refractivity contribution < 1.29 is 4.79 Å². The van der Waals surface area contributed by atoms with Crippen molar-refractivity contribution in [1.82, 2.24) is 15.0 Å². The van der Waals surface area contributed by atoms with E-state index in [9.17, 15) is 4.79 Å². The van der Waals surface area contributed by atoms with Gasteiger partial charge in [0, 0.05) is 30.2 Å². The molecule has 0 aliphatic carbocycles. The molecule has 0 radical (unpaired) electrons. The van der Waals surface area contributed by atoms with Crippen molar-refractivity contribution in [2.75, 3.05) is 0 Å². The van der Waals surface area contributed by atoms with E-state index in [0.29, 0.717) is 5.65 Å². The number of hydrogen-bond acceptors (Lipinski definition) is 3. The van der Waals surface area contributed by atoms with Crippen LogP contribution in [-0.2, 0) is 4.79 Å². The van der Waals surface area contributed by atoms with Gasteiger partial charge in [-0.05, 0) is 6.08 Å². The van der Waals surface area contributed by atoms with Gasteiger partial charge in [0.05, 0.1) is 0 Å². The summed E-state index contributed by atoms with van der Waals surface area (Å²) in [7, 11) is 0. The van der Waals surface area contributed by atoms with Crippen molar-refractivity contribution in [1.29, 1.82) is 0 Å². The van der Waals surface area contributed by atoms with E-state index in [1.54, 1.807) is 24.7 Å². The Balaban J connectivity index is 2.48. The zero-order valence-electron chi connectivity index (χ0n) is 7.27. The monoisotopic (exact) mass is 188 g/mol. The normalized spacial score (nSPS) is 11.1. The smallest absolute Gasteiger partial charge is 0.241 e. The topological polar surface area (TPSA) is 84.7 Å². The lowest BCUT2D eigenvalue weighted by Crippen LogP contribution is -2.04. The maximum atomic E-state index is 10.5. The van der Waals surface area contributed by atoms with Gasteiger partial charge in [-0.25, -0.2) is 4.98 Å². The number of amides is 1. The number of carbonyl (C=O) groups excluding carboxylic acids is 1. The third-order valence-corrected chi connectivity index (χ3v) is 1.76. The van der Waals surface area contributed by atoms with E-state index >= 15 is 0 Å². The molecule has 14 heavy (non-hydrogen) atoms. The maximum absolute atomic E-state index is 10.5. The average Bonchev–Trinajstić information content (AvgIpc) is 2.58. The Hall–Kier alpha value is -2.17. The Labute approximate surface area is 79.7 Å². The van der Waals surface area contributed by atoms with Crippen LogP contribution < -0.4 is 5.73 Å². The first kappa shape index (κ1) is 8.43. The number of carbonyl (C=O) groups is 1. The van der Waals surface area contributed by atoms with E-state index in [-0.39, 0.29) is 0 Å². The highest BCUT2D eigenvalue weighted by Crippen LogP contribution is 2.13. The SMILES string of the molecule is NC(=O)/C=C/c1c[nH]c2nccnc12. The van der Waals surface area contributed by atoms with Crippen LogP contribution in [0.1, 0.15) is 5.56 Å². The third kappa shape index (κ3) is 1.47. The summed E-state index contributed by atoms with van der Waals surface area (Å²) in [6.45, 7) is 0. The van der Waals surface area contributed by atoms with Crippen LogP contribution in [0.25, 0.3) is 17.2 Å². The molecule has 0 aliphatic rings. The number of hydrogen-bond donors (Lipinski definition) is 2. The molecule has 70 valence electrons. The fourth-order valence-electron chi connectivity index (χ4n) is 1.17. The van der Waals surface area contributed by atoms with Crippen LogP contribution in [0.15, 0.2) is 24.7 Å². The highest BCUT2D eigenvalue weighted by molar-refractivity contribution is 5.93. The van der Waals surface area contributed by atoms with Gasteiger partial charge in [0.25, 0.3) is 0 Å². The van der Waals surface area contributed by atoms with Crippen molar-refractivity contribution >= 4 is 23.1 Å². The molecule has 0 bridgehead atoms. The number of aromatic nitrogens is 3. The predicted octanol–water partition coefficient (Wildman–Crippen LogP) is 0.456. The van der Waals surface area contributed by atoms with Crippen LogP contribution in [0.4, 0.5) is 0 Å². The second-order valence-corrected chi connectivity index (χ2v) is 2.73. The van der Waals surface area contributed by atoms with Gasteiger partial charge in [0.2, 0.25) is 5.91 Å². The molecule has 0 fully saturated rings. The zero-order chi connectivity index (χ0) is 9.97. The number of aromatic amines is 1. The molecule has 5 nitrogen and oxygen atoms in total. The van der Waals surface area contributed by atoms with Crippen molar-refractivity contribution in [2.24, 2.45) is 5.73 Å². The molecule has 3 N–H and O–H groups in total.